The SMILES string of the molecule is CCOC(=O)C1=C(C)N=c2s/c(=C/c3ccc(-c4ccc([N+](=O)[O-])cc4)o3)c(=O)n2[C@H]1c1ccc(C)c([N+](=O)[O-])c1. The van der Waals surface area contributed by atoms with Crippen LogP contribution < -0.4 is 14.9 Å². The van der Waals surface area contributed by atoms with Crippen LogP contribution in [0.15, 0.2) is 80.1 Å². The van der Waals surface area contributed by atoms with Crippen molar-refractivity contribution in [3.05, 3.63) is 123 Å². The fourth-order valence-electron chi connectivity index (χ4n) is 4.56. The Labute approximate surface area is 235 Å². The Morgan fingerprint density at radius 1 is 1.10 bits per heavy atom. The van der Waals surface area contributed by atoms with Crippen LogP contribution in [0.2, 0.25) is 0 Å². The second kappa shape index (κ2) is 10.8. The van der Waals surface area contributed by atoms with E-state index in [1.54, 1.807) is 57.2 Å². The van der Waals surface area contributed by atoms with Gasteiger partial charge >= 0.3 is 5.97 Å². The standard InChI is InChI=1S/C28H22N4O8S/c1-4-39-27(34)24-16(3)29-28-30(25(24)18-6-5-15(2)21(13-18)32(37)38)26(33)23(41-28)14-20-11-12-22(40-20)17-7-9-19(10-8-17)31(35)36/h5-14,25H,4H2,1-3H3/b23-14+/t25-/m0/s1. The Kier molecular flexibility index (Phi) is 7.20. The van der Waals surface area contributed by atoms with Gasteiger partial charge in [0, 0.05) is 35.4 Å². The molecule has 0 N–H and O–H groups in total. The molecular weight excluding hydrogens is 552 g/mol. The van der Waals surface area contributed by atoms with Crippen LogP contribution in [0.4, 0.5) is 11.4 Å². The highest BCUT2D eigenvalue weighted by Gasteiger charge is 2.34. The van der Waals surface area contributed by atoms with Crippen molar-refractivity contribution in [1.29, 1.82) is 0 Å². The number of carbonyl (C=O) groups is 1. The number of benzene rings is 2. The second-order valence-electron chi connectivity index (χ2n) is 9.11. The average Bonchev–Trinajstić information content (AvgIpc) is 3.52. The van der Waals surface area contributed by atoms with Crippen LogP contribution in [0.25, 0.3) is 17.4 Å². The number of hydrogen-bond acceptors (Lipinski definition) is 10. The molecule has 0 radical (unpaired) electrons. The third kappa shape index (κ3) is 5.10. The van der Waals surface area contributed by atoms with Crippen LogP contribution in [-0.2, 0) is 9.53 Å². The Morgan fingerprint density at radius 2 is 1.83 bits per heavy atom. The molecule has 0 bridgehead atoms. The summed E-state index contributed by atoms with van der Waals surface area (Å²) in [6, 6.07) is 12.8. The Bertz CT molecular complexity index is 1930. The van der Waals surface area contributed by atoms with E-state index in [4.69, 9.17) is 9.15 Å². The minimum absolute atomic E-state index is 0.0485. The molecule has 41 heavy (non-hydrogen) atoms. The molecule has 0 aliphatic carbocycles. The topological polar surface area (TPSA) is 160 Å². The van der Waals surface area contributed by atoms with Gasteiger partial charge in [-0.2, -0.15) is 0 Å². The summed E-state index contributed by atoms with van der Waals surface area (Å²) < 4.78 is 12.7. The molecule has 208 valence electrons. The summed E-state index contributed by atoms with van der Waals surface area (Å²) in [5, 5.41) is 22.6. The lowest BCUT2D eigenvalue weighted by atomic mass is 9.94. The molecule has 5 rings (SSSR count). The number of aryl methyl sites for hydroxylation is 1. The highest BCUT2D eigenvalue weighted by Crippen LogP contribution is 2.33. The molecule has 12 nitrogen and oxygen atoms in total. The number of ether oxygens (including phenoxy) is 1. The quantitative estimate of drug-likeness (QED) is 0.180. The molecular formula is C28H22N4O8S. The third-order valence-electron chi connectivity index (χ3n) is 6.53. The van der Waals surface area contributed by atoms with Crippen LogP contribution in [0.3, 0.4) is 0 Å². The lowest BCUT2D eigenvalue weighted by Gasteiger charge is -2.24. The number of nitrogens with zero attached hydrogens (tertiary/aromatic N) is 4. The summed E-state index contributed by atoms with van der Waals surface area (Å²) in [5.74, 6) is 0.131. The van der Waals surface area contributed by atoms with Crippen molar-refractivity contribution >= 4 is 34.8 Å². The van der Waals surface area contributed by atoms with Gasteiger partial charge in [0.25, 0.3) is 16.9 Å². The normalized spacial score (nSPS) is 14.9. The zero-order valence-corrected chi connectivity index (χ0v) is 22.8. The van der Waals surface area contributed by atoms with Gasteiger partial charge < -0.3 is 9.15 Å². The zero-order valence-electron chi connectivity index (χ0n) is 22.0. The molecule has 3 heterocycles. The fourth-order valence-corrected chi connectivity index (χ4v) is 5.59. The van der Waals surface area contributed by atoms with Gasteiger partial charge in [-0.25, -0.2) is 9.79 Å². The predicted octanol–water partition coefficient (Wildman–Crippen LogP) is 4.18. The van der Waals surface area contributed by atoms with Crippen LogP contribution >= 0.6 is 11.3 Å². The summed E-state index contributed by atoms with van der Waals surface area (Å²) in [7, 11) is 0. The molecule has 0 spiro atoms. The molecule has 13 heteroatoms. The number of furan rings is 1. The summed E-state index contributed by atoms with van der Waals surface area (Å²) in [4.78, 5) is 53.2. The van der Waals surface area contributed by atoms with E-state index in [1.807, 2.05) is 0 Å². The van der Waals surface area contributed by atoms with E-state index in [0.717, 1.165) is 11.3 Å². The lowest BCUT2D eigenvalue weighted by Crippen LogP contribution is -2.40. The number of nitro benzene ring substituents is 2. The number of aromatic nitrogens is 1. The number of non-ortho nitro benzene ring substituents is 1. The van der Waals surface area contributed by atoms with Crippen molar-refractivity contribution in [1.82, 2.24) is 4.57 Å². The Balaban J connectivity index is 1.63. The molecule has 1 aliphatic heterocycles. The second-order valence-corrected chi connectivity index (χ2v) is 10.1. The highest BCUT2D eigenvalue weighted by molar-refractivity contribution is 7.07. The minimum atomic E-state index is -1.00. The number of hydrogen-bond donors (Lipinski definition) is 0. The zero-order chi connectivity index (χ0) is 29.4. The fraction of sp³-hybridized carbons (Fsp3) is 0.179. The molecule has 0 amide bonds. The van der Waals surface area contributed by atoms with Crippen molar-refractivity contribution < 1.29 is 23.8 Å². The van der Waals surface area contributed by atoms with Crippen molar-refractivity contribution in [3.8, 4) is 11.3 Å². The van der Waals surface area contributed by atoms with E-state index in [2.05, 4.69) is 4.99 Å². The average molecular weight is 575 g/mol. The summed E-state index contributed by atoms with van der Waals surface area (Å²) >= 11 is 1.08. The molecule has 4 aromatic rings. The highest BCUT2D eigenvalue weighted by atomic mass is 32.1. The van der Waals surface area contributed by atoms with E-state index in [-0.39, 0.29) is 28.1 Å². The minimum Gasteiger partial charge on any atom is -0.463 e. The van der Waals surface area contributed by atoms with E-state index in [9.17, 15) is 29.8 Å². The maximum Gasteiger partial charge on any atom is 0.338 e. The molecule has 0 fully saturated rings. The van der Waals surface area contributed by atoms with Crippen molar-refractivity contribution in [2.75, 3.05) is 6.61 Å². The van der Waals surface area contributed by atoms with Gasteiger partial charge in [0.2, 0.25) is 0 Å². The number of fused-ring (bicyclic) bond motifs is 1. The first kappa shape index (κ1) is 27.4. The smallest absolute Gasteiger partial charge is 0.338 e. The van der Waals surface area contributed by atoms with Crippen LogP contribution in [0.1, 0.15) is 36.8 Å². The number of nitro groups is 2. The molecule has 0 saturated carbocycles. The summed E-state index contributed by atoms with van der Waals surface area (Å²) in [6.07, 6.45) is 1.54. The molecule has 0 saturated heterocycles. The maximum absolute atomic E-state index is 13.8. The first-order valence-electron chi connectivity index (χ1n) is 12.4. The first-order chi connectivity index (χ1) is 19.6. The predicted molar refractivity (Wildman–Crippen MR) is 149 cm³/mol. The number of carbonyl (C=O) groups excluding carboxylic acids is 1. The van der Waals surface area contributed by atoms with E-state index >= 15 is 0 Å². The first-order valence-corrected chi connectivity index (χ1v) is 13.2. The van der Waals surface area contributed by atoms with Crippen molar-refractivity contribution in [2.24, 2.45) is 4.99 Å². The van der Waals surface area contributed by atoms with Crippen LogP contribution in [0, 0.1) is 27.2 Å². The number of esters is 1. The molecule has 0 unspecified atom stereocenters. The largest absolute Gasteiger partial charge is 0.463 e. The number of thiazole rings is 1. The van der Waals surface area contributed by atoms with Crippen molar-refractivity contribution in [2.45, 2.75) is 26.8 Å². The van der Waals surface area contributed by atoms with Gasteiger partial charge in [0.15, 0.2) is 4.80 Å². The molecule has 1 aliphatic rings. The Morgan fingerprint density at radius 3 is 2.49 bits per heavy atom. The van der Waals surface area contributed by atoms with Gasteiger partial charge in [-0.1, -0.05) is 23.5 Å². The third-order valence-corrected chi connectivity index (χ3v) is 7.51. The van der Waals surface area contributed by atoms with Crippen LogP contribution in [0.5, 0.6) is 0 Å². The summed E-state index contributed by atoms with van der Waals surface area (Å²) in [6.45, 7) is 4.98. The monoisotopic (exact) mass is 574 g/mol. The maximum atomic E-state index is 13.8. The van der Waals surface area contributed by atoms with E-state index in [0.29, 0.717) is 38.7 Å². The Hall–Kier alpha value is -5.17. The molecule has 2 aromatic heterocycles. The molecule has 1 atom stereocenters. The van der Waals surface area contributed by atoms with E-state index < -0.39 is 27.4 Å². The van der Waals surface area contributed by atoms with Crippen molar-refractivity contribution in [3.63, 3.8) is 0 Å². The van der Waals surface area contributed by atoms with Gasteiger partial charge in [0.1, 0.15) is 11.5 Å². The van der Waals surface area contributed by atoms with E-state index in [1.165, 1.54) is 28.8 Å². The lowest BCUT2D eigenvalue weighted by molar-refractivity contribution is -0.385. The number of allylic oxidation sites excluding steroid dienone is 1. The summed E-state index contributed by atoms with van der Waals surface area (Å²) in [5.41, 5.74) is 1.21. The van der Waals surface area contributed by atoms with Gasteiger partial charge in [-0.15, -0.1) is 0 Å². The number of rotatable bonds is 7. The van der Waals surface area contributed by atoms with Gasteiger partial charge in [-0.05, 0) is 50.6 Å². The van der Waals surface area contributed by atoms with Crippen LogP contribution in [-0.4, -0.2) is 27.0 Å². The van der Waals surface area contributed by atoms with Gasteiger partial charge in [0.05, 0.1) is 38.3 Å². The molecule has 2 aromatic carbocycles. The van der Waals surface area contributed by atoms with Gasteiger partial charge in [-0.3, -0.25) is 29.6 Å².